The summed E-state index contributed by atoms with van der Waals surface area (Å²) in [5.74, 6) is 0.140. The Balaban J connectivity index is 1.35. The minimum atomic E-state index is -0.754. The maximum atomic E-state index is 12.4. The van der Waals surface area contributed by atoms with Crippen molar-refractivity contribution in [2.75, 3.05) is 13.2 Å². The topological polar surface area (TPSA) is 86.0 Å². The highest BCUT2D eigenvalue weighted by molar-refractivity contribution is 9.10. The van der Waals surface area contributed by atoms with E-state index in [1.165, 1.54) is 6.07 Å². The average Bonchev–Trinajstić information content (AvgIpc) is 2.67. The summed E-state index contributed by atoms with van der Waals surface area (Å²) in [7, 11) is 0. The number of carboxylic acids is 1. The molecule has 0 spiro atoms. The second kappa shape index (κ2) is 8.39. The molecule has 1 fully saturated rings. The molecular formula is C22H19BrO6. The molecule has 0 bridgehead atoms. The van der Waals surface area contributed by atoms with Crippen molar-refractivity contribution in [2.45, 2.75) is 18.9 Å². The van der Waals surface area contributed by atoms with Crippen LogP contribution in [0.4, 0.5) is 0 Å². The highest BCUT2D eigenvalue weighted by Crippen LogP contribution is 2.30. The molecule has 6 nitrogen and oxygen atoms in total. The number of carboxylic acid groups (broad SMARTS) is 1. The molecule has 0 atom stereocenters. The van der Waals surface area contributed by atoms with E-state index in [1.807, 2.05) is 30.3 Å². The summed E-state index contributed by atoms with van der Waals surface area (Å²) < 4.78 is 17.9. The normalized spacial score (nSPS) is 18.4. The summed E-state index contributed by atoms with van der Waals surface area (Å²) in [6, 6.07) is 14.1. The molecule has 1 aliphatic rings. The van der Waals surface area contributed by atoms with Gasteiger partial charge in [-0.25, -0.2) is 0 Å². The van der Waals surface area contributed by atoms with Crippen LogP contribution in [-0.2, 0) is 9.53 Å². The number of rotatable bonds is 7. The van der Waals surface area contributed by atoms with Gasteiger partial charge in [-0.15, -0.1) is 0 Å². The van der Waals surface area contributed by atoms with E-state index in [0.717, 1.165) is 10.0 Å². The third-order valence-electron chi connectivity index (χ3n) is 5.00. The predicted molar refractivity (Wildman–Crippen MR) is 111 cm³/mol. The number of halogens is 1. The molecule has 2 aromatic carbocycles. The van der Waals surface area contributed by atoms with Crippen LogP contribution in [0.3, 0.4) is 0 Å². The van der Waals surface area contributed by atoms with E-state index < -0.39 is 5.97 Å². The van der Waals surface area contributed by atoms with E-state index in [9.17, 15) is 9.59 Å². The number of benzene rings is 2. The fraction of sp³-hybridized carbons (Fsp3) is 0.273. The fourth-order valence-electron chi connectivity index (χ4n) is 3.28. The Hall–Kier alpha value is -2.64. The van der Waals surface area contributed by atoms with Gasteiger partial charge in [-0.3, -0.25) is 9.59 Å². The fourth-order valence-corrected chi connectivity index (χ4v) is 3.73. The summed E-state index contributed by atoms with van der Waals surface area (Å²) >= 11 is 3.42. The number of aliphatic carboxylic acids is 1. The van der Waals surface area contributed by atoms with Crippen molar-refractivity contribution in [3.8, 4) is 17.1 Å². The van der Waals surface area contributed by atoms with Crippen molar-refractivity contribution >= 4 is 32.9 Å². The zero-order valence-corrected chi connectivity index (χ0v) is 17.1. The van der Waals surface area contributed by atoms with Crippen LogP contribution in [0, 0.1) is 5.92 Å². The molecule has 1 aromatic heterocycles. The van der Waals surface area contributed by atoms with Gasteiger partial charge in [0.05, 0.1) is 28.5 Å². The quantitative estimate of drug-likeness (QED) is 0.525. The van der Waals surface area contributed by atoms with Gasteiger partial charge in [-0.05, 0) is 65.2 Å². The molecule has 3 aromatic rings. The number of fused-ring (bicyclic) bond motifs is 1. The first kappa shape index (κ1) is 19.7. The minimum Gasteiger partial charge on any atom is -0.491 e. The second-order valence-corrected chi connectivity index (χ2v) is 7.82. The number of ether oxygens (including phenoxy) is 2. The van der Waals surface area contributed by atoms with Crippen LogP contribution in [0.25, 0.3) is 22.3 Å². The zero-order valence-electron chi connectivity index (χ0n) is 15.5. The molecule has 7 heteroatoms. The molecule has 1 N–H and O–H groups in total. The lowest BCUT2D eigenvalue weighted by atomic mass is 9.82. The van der Waals surface area contributed by atoms with Crippen LogP contribution >= 0.6 is 15.9 Å². The van der Waals surface area contributed by atoms with Crippen LogP contribution in [0.1, 0.15) is 12.8 Å². The standard InChI is InChI=1S/C22H19BrO6/c23-18-3-1-2-17-19(24)12-20(29-21(17)18)13-4-6-15(7-5-13)27-8-9-28-16-10-14(11-16)22(25)26/h1-7,12,14,16H,8-11H2,(H,25,26). The Morgan fingerprint density at radius 3 is 2.62 bits per heavy atom. The molecule has 0 amide bonds. The molecule has 0 radical (unpaired) electrons. The van der Waals surface area contributed by atoms with E-state index in [-0.39, 0.29) is 17.5 Å². The molecule has 0 unspecified atom stereocenters. The number of hydrogen-bond donors (Lipinski definition) is 1. The van der Waals surface area contributed by atoms with Gasteiger partial charge < -0.3 is 19.0 Å². The van der Waals surface area contributed by atoms with E-state index in [4.69, 9.17) is 19.0 Å². The maximum Gasteiger partial charge on any atom is 0.306 e. The highest BCUT2D eigenvalue weighted by Gasteiger charge is 2.34. The monoisotopic (exact) mass is 458 g/mol. The number of hydrogen-bond acceptors (Lipinski definition) is 5. The molecule has 1 aliphatic carbocycles. The number of carbonyl (C=O) groups is 1. The van der Waals surface area contributed by atoms with Crippen LogP contribution < -0.4 is 10.2 Å². The molecule has 29 heavy (non-hydrogen) atoms. The molecule has 150 valence electrons. The average molecular weight is 459 g/mol. The Kier molecular flexibility index (Phi) is 5.69. The third kappa shape index (κ3) is 4.36. The van der Waals surface area contributed by atoms with Crippen LogP contribution in [0.15, 0.2) is 62.2 Å². The van der Waals surface area contributed by atoms with Gasteiger partial charge >= 0.3 is 5.97 Å². The van der Waals surface area contributed by atoms with E-state index >= 15 is 0 Å². The van der Waals surface area contributed by atoms with Gasteiger partial charge in [0, 0.05) is 11.6 Å². The van der Waals surface area contributed by atoms with E-state index in [0.29, 0.717) is 48.5 Å². The van der Waals surface area contributed by atoms with E-state index in [2.05, 4.69) is 15.9 Å². The zero-order chi connectivity index (χ0) is 20.4. The smallest absolute Gasteiger partial charge is 0.306 e. The van der Waals surface area contributed by atoms with Crippen molar-refractivity contribution in [3.05, 3.63) is 63.2 Å². The lowest BCUT2D eigenvalue weighted by molar-refractivity contribution is -0.151. The predicted octanol–water partition coefficient (Wildman–Crippen LogP) is 4.48. The Morgan fingerprint density at radius 1 is 1.14 bits per heavy atom. The molecule has 0 aliphatic heterocycles. The lowest BCUT2D eigenvalue weighted by Crippen LogP contribution is -2.36. The summed E-state index contributed by atoms with van der Waals surface area (Å²) in [5.41, 5.74) is 1.20. The molecule has 0 saturated heterocycles. The van der Waals surface area contributed by atoms with Crippen molar-refractivity contribution in [1.82, 2.24) is 0 Å². The summed E-state index contributed by atoms with van der Waals surface area (Å²) in [6.07, 6.45) is 1.14. The van der Waals surface area contributed by atoms with Gasteiger partial charge in [-0.2, -0.15) is 0 Å². The third-order valence-corrected chi connectivity index (χ3v) is 5.62. The summed E-state index contributed by atoms with van der Waals surface area (Å²) in [4.78, 5) is 23.1. The van der Waals surface area contributed by atoms with E-state index in [1.54, 1.807) is 12.1 Å². The highest BCUT2D eigenvalue weighted by atomic mass is 79.9. The summed E-state index contributed by atoms with van der Waals surface area (Å²) in [6.45, 7) is 0.790. The first-order valence-corrected chi connectivity index (χ1v) is 10.1. The SMILES string of the molecule is O=C(O)C1CC(OCCOc2ccc(-c3cc(=O)c4cccc(Br)c4o3)cc2)C1. The second-order valence-electron chi connectivity index (χ2n) is 6.96. The summed E-state index contributed by atoms with van der Waals surface area (Å²) in [5, 5.41) is 9.38. The molecule has 1 saturated carbocycles. The number of para-hydroxylation sites is 1. The molecular weight excluding hydrogens is 440 g/mol. The Bertz CT molecular complexity index is 1080. The van der Waals surface area contributed by atoms with Crippen LogP contribution in [0.5, 0.6) is 5.75 Å². The van der Waals surface area contributed by atoms with Gasteiger partial charge in [0.1, 0.15) is 18.1 Å². The largest absolute Gasteiger partial charge is 0.491 e. The lowest BCUT2D eigenvalue weighted by Gasteiger charge is -2.31. The molecule has 1 heterocycles. The van der Waals surface area contributed by atoms with Crippen LogP contribution in [0.2, 0.25) is 0 Å². The van der Waals surface area contributed by atoms with Crippen LogP contribution in [-0.4, -0.2) is 30.4 Å². The van der Waals surface area contributed by atoms with Gasteiger partial charge in [0.15, 0.2) is 11.0 Å². The minimum absolute atomic E-state index is 0.0113. The van der Waals surface area contributed by atoms with Gasteiger partial charge in [0.25, 0.3) is 0 Å². The first-order valence-electron chi connectivity index (χ1n) is 9.31. The molecule has 4 rings (SSSR count). The van der Waals surface area contributed by atoms with Gasteiger partial charge in [-0.1, -0.05) is 6.07 Å². The van der Waals surface area contributed by atoms with Crippen molar-refractivity contribution in [1.29, 1.82) is 0 Å². The van der Waals surface area contributed by atoms with Crippen molar-refractivity contribution in [2.24, 2.45) is 5.92 Å². The first-order chi connectivity index (χ1) is 14.0. The Labute approximate surface area is 175 Å². The van der Waals surface area contributed by atoms with Crippen molar-refractivity contribution in [3.63, 3.8) is 0 Å². The van der Waals surface area contributed by atoms with Gasteiger partial charge in [0.2, 0.25) is 0 Å². The van der Waals surface area contributed by atoms with Crippen molar-refractivity contribution < 1.29 is 23.8 Å². The maximum absolute atomic E-state index is 12.4. The Morgan fingerprint density at radius 2 is 1.90 bits per heavy atom.